The summed E-state index contributed by atoms with van der Waals surface area (Å²) in [6, 6.07) is 5.65. The maximum atomic E-state index is 12.7. The first-order chi connectivity index (χ1) is 11.5. The van der Waals surface area contributed by atoms with Crippen molar-refractivity contribution in [1.82, 2.24) is 4.90 Å². The predicted molar refractivity (Wildman–Crippen MR) is 99.4 cm³/mol. The van der Waals surface area contributed by atoms with E-state index < -0.39 is 5.25 Å². The lowest BCUT2D eigenvalue weighted by Crippen LogP contribution is -2.39. The molecule has 2 aliphatic heterocycles. The molecule has 0 spiro atoms. The van der Waals surface area contributed by atoms with Gasteiger partial charge in [-0.15, -0.1) is 0 Å². The lowest BCUT2D eigenvalue weighted by Gasteiger charge is -2.29. The number of morpholine rings is 1. The van der Waals surface area contributed by atoms with Crippen LogP contribution in [0.15, 0.2) is 18.2 Å². The van der Waals surface area contributed by atoms with E-state index in [9.17, 15) is 9.59 Å². The van der Waals surface area contributed by atoms with Crippen molar-refractivity contribution in [2.24, 2.45) is 0 Å². The number of imide groups is 1. The average molecular weight is 364 g/mol. The van der Waals surface area contributed by atoms with Crippen LogP contribution in [0.1, 0.15) is 17.5 Å². The van der Waals surface area contributed by atoms with Crippen molar-refractivity contribution in [3.05, 3.63) is 29.3 Å². The summed E-state index contributed by atoms with van der Waals surface area (Å²) < 4.78 is 5.99. The predicted octanol–water partition coefficient (Wildman–Crippen LogP) is 2.29. The van der Waals surface area contributed by atoms with Crippen molar-refractivity contribution in [2.45, 2.75) is 25.5 Å². The third-order valence-corrected chi connectivity index (χ3v) is 6.03. The van der Waals surface area contributed by atoms with Gasteiger partial charge in [-0.1, -0.05) is 30.0 Å². The molecule has 1 aromatic carbocycles. The number of hydrogen-bond donors (Lipinski definition) is 0. The van der Waals surface area contributed by atoms with Gasteiger partial charge >= 0.3 is 0 Å². The van der Waals surface area contributed by atoms with Crippen molar-refractivity contribution < 1.29 is 14.3 Å². The largest absolute Gasteiger partial charge is 0.378 e. The van der Waals surface area contributed by atoms with Crippen molar-refractivity contribution in [2.75, 3.05) is 31.2 Å². The maximum absolute atomic E-state index is 12.7. The Morgan fingerprint density at radius 1 is 1.21 bits per heavy atom. The second-order valence-corrected chi connectivity index (χ2v) is 7.85. The molecule has 24 heavy (non-hydrogen) atoms. The number of benzene rings is 1. The molecule has 0 aromatic heterocycles. The molecule has 128 valence electrons. The molecule has 3 rings (SSSR count). The van der Waals surface area contributed by atoms with Gasteiger partial charge in [0.25, 0.3) is 0 Å². The Labute approximate surface area is 151 Å². The molecular formula is C17H20N2O3S2. The lowest BCUT2D eigenvalue weighted by molar-refractivity contribution is -0.121. The summed E-state index contributed by atoms with van der Waals surface area (Å²) in [7, 11) is 0. The van der Waals surface area contributed by atoms with Crippen LogP contribution in [0.4, 0.5) is 5.69 Å². The molecule has 2 heterocycles. The lowest BCUT2D eigenvalue weighted by atomic mass is 10.1. The Hall–Kier alpha value is -1.44. The Morgan fingerprint density at radius 3 is 2.58 bits per heavy atom. The van der Waals surface area contributed by atoms with Crippen molar-refractivity contribution in [1.29, 1.82) is 0 Å². The molecule has 7 heteroatoms. The van der Waals surface area contributed by atoms with E-state index in [1.807, 2.05) is 36.9 Å². The van der Waals surface area contributed by atoms with Crippen LogP contribution >= 0.6 is 24.0 Å². The van der Waals surface area contributed by atoms with Crippen molar-refractivity contribution >= 4 is 45.8 Å². The minimum absolute atomic E-state index is 0.162. The molecule has 2 saturated heterocycles. The van der Waals surface area contributed by atoms with Crippen LogP contribution in [0.25, 0.3) is 0 Å². The van der Waals surface area contributed by atoms with E-state index in [4.69, 9.17) is 17.0 Å². The molecule has 2 aliphatic rings. The monoisotopic (exact) mass is 364 g/mol. The molecule has 1 atom stereocenters. The topological polar surface area (TPSA) is 49.9 Å². The first-order valence-corrected chi connectivity index (χ1v) is 9.23. The summed E-state index contributed by atoms with van der Waals surface area (Å²) in [4.78, 5) is 28.4. The van der Waals surface area contributed by atoms with Crippen molar-refractivity contribution in [3.8, 4) is 0 Å². The summed E-state index contributed by atoms with van der Waals surface area (Å²) in [5, 5.41) is -0.436. The van der Waals surface area contributed by atoms with Gasteiger partial charge in [0.15, 0.2) is 0 Å². The fourth-order valence-corrected chi connectivity index (χ4v) is 4.31. The quantitative estimate of drug-likeness (QED) is 0.593. The Bertz CT molecular complexity index is 686. The number of aryl methyl sites for hydroxylation is 2. The van der Waals surface area contributed by atoms with E-state index in [0.717, 1.165) is 24.2 Å². The molecule has 5 nitrogen and oxygen atoms in total. The van der Waals surface area contributed by atoms with Gasteiger partial charge in [0, 0.05) is 19.5 Å². The zero-order chi connectivity index (χ0) is 17.3. The van der Waals surface area contributed by atoms with Crippen LogP contribution in [-0.2, 0) is 14.3 Å². The molecule has 1 aromatic rings. The number of carbonyl (C=O) groups excluding carboxylic acids is 2. The number of anilines is 1. The molecule has 0 radical (unpaired) electrons. The minimum Gasteiger partial charge on any atom is -0.378 e. The van der Waals surface area contributed by atoms with Gasteiger partial charge < -0.3 is 9.64 Å². The molecule has 2 fully saturated rings. The van der Waals surface area contributed by atoms with Crippen molar-refractivity contribution in [3.63, 3.8) is 0 Å². The van der Waals surface area contributed by atoms with E-state index in [0.29, 0.717) is 23.2 Å². The van der Waals surface area contributed by atoms with E-state index in [2.05, 4.69) is 0 Å². The van der Waals surface area contributed by atoms with Crippen LogP contribution in [0.5, 0.6) is 0 Å². The third-order valence-electron chi connectivity index (χ3n) is 4.37. The number of thiocarbonyl (C=S) groups is 1. The zero-order valence-corrected chi connectivity index (χ0v) is 15.4. The maximum Gasteiger partial charge on any atom is 0.247 e. The van der Waals surface area contributed by atoms with Gasteiger partial charge in [-0.25, -0.2) is 4.90 Å². The molecule has 0 saturated carbocycles. The van der Waals surface area contributed by atoms with Gasteiger partial charge in [-0.2, -0.15) is 0 Å². The van der Waals surface area contributed by atoms with Crippen LogP contribution < -0.4 is 4.90 Å². The molecule has 2 amide bonds. The SMILES string of the molecule is Cc1ccc(N2C(=O)CC(SC(=S)N3CCOCC3)C2=O)cc1C. The number of amides is 2. The van der Waals surface area contributed by atoms with Crippen LogP contribution in [0.3, 0.4) is 0 Å². The van der Waals surface area contributed by atoms with E-state index in [1.54, 1.807) is 0 Å². The number of thioether (sulfide) groups is 1. The Balaban J connectivity index is 1.71. The van der Waals surface area contributed by atoms with Crippen LogP contribution in [-0.4, -0.2) is 52.6 Å². The van der Waals surface area contributed by atoms with Gasteiger partial charge in [0.05, 0.1) is 18.9 Å². The highest BCUT2D eigenvalue weighted by atomic mass is 32.2. The number of nitrogens with zero attached hydrogens (tertiary/aromatic N) is 2. The van der Waals surface area contributed by atoms with Crippen LogP contribution in [0, 0.1) is 13.8 Å². The number of rotatable bonds is 2. The number of ether oxygens (including phenoxy) is 1. The summed E-state index contributed by atoms with van der Waals surface area (Å²) in [6.45, 7) is 6.75. The molecule has 0 aliphatic carbocycles. The normalized spacial score (nSPS) is 21.5. The highest BCUT2D eigenvalue weighted by Gasteiger charge is 2.41. The fourth-order valence-electron chi connectivity index (χ4n) is 2.77. The first kappa shape index (κ1) is 17.4. The number of hydrogen-bond acceptors (Lipinski definition) is 5. The average Bonchev–Trinajstić information content (AvgIpc) is 2.85. The standard InChI is InChI=1S/C17H20N2O3S2/c1-11-3-4-13(9-12(11)2)19-15(20)10-14(16(19)21)24-17(23)18-5-7-22-8-6-18/h3-4,9,14H,5-8,10H2,1-2H3. The molecular weight excluding hydrogens is 344 g/mol. The molecule has 1 unspecified atom stereocenters. The van der Waals surface area contributed by atoms with E-state index >= 15 is 0 Å². The first-order valence-electron chi connectivity index (χ1n) is 7.94. The highest BCUT2D eigenvalue weighted by molar-refractivity contribution is 8.23. The van der Waals surface area contributed by atoms with Gasteiger partial charge in [0.2, 0.25) is 11.8 Å². The zero-order valence-electron chi connectivity index (χ0n) is 13.8. The minimum atomic E-state index is -0.436. The van der Waals surface area contributed by atoms with Gasteiger partial charge in [0.1, 0.15) is 9.57 Å². The van der Waals surface area contributed by atoms with Crippen LogP contribution in [0.2, 0.25) is 0 Å². The highest BCUT2D eigenvalue weighted by Crippen LogP contribution is 2.32. The summed E-state index contributed by atoms with van der Waals surface area (Å²) in [6.07, 6.45) is 0.195. The van der Waals surface area contributed by atoms with E-state index in [1.165, 1.54) is 16.7 Å². The molecule has 0 N–H and O–H groups in total. The number of carbonyl (C=O) groups is 2. The fraction of sp³-hybridized carbons (Fsp3) is 0.471. The summed E-state index contributed by atoms with van der Waals surface area (Å²) in [5.41, 5.74) is 2.85. The van der Waals surface area contributed by atoms with E-state index in [-0.39, 0.29) is 18.2 Å². The second-order valence-electron chi connectivity index (χ2n) is 6.01. The molecule has 0 bridgehead atoms. The third kappa shape index (κ3) is 3.48. The summed E-state index contributed by atoms with van der Waals surface area (Å²) >= 11 is 6.77. The van der Waals surface area contributed by atoms with Gasteiger partial charge in [-0.05, 0) is 37.1 Å². The smallest absolute Gasteiger partial charge is 0.247 e. The van der Waals surface area contributed by atoms with Gasteiger partial charge in [-0.3, -0.25) is 9.59 Å². The summed E-state index contributed by atoms with van der Waals surface area (Å²) in [5.74, 6) is -0.339. The second kappa shape index (κ2) is 7.21. The Kier molecular flexibility index (Phi) is 5.22. The Morgan fingerprint density at radius 2 is 1.92 bits per heavy atom.